The predicted molar refractivity (Wildman–Crippen MR) is 56.4 cm³/mol. The first-order chi connectivity index (χ1) is 5.66. The predicted octanol–water partition coefficient (Wildman–Crippen LogP) is 2.78. The Labute approximate surface area is 82.7 Å². The molecule has 0 aromatic carbocycles. The number of rotatable bonds is 3. The highest BCUT2D eigenvalue weighted by Crippen LogP contribution is 2.31. The van der Waals surface area contributed by atoms with Crippen LogP contribution in [0.5, 0.6) is 0 Å². The van der Waals surface area contributed by atoms with Gasteiger partial charge in [-0.05, 0) is 39.4 Å². The molecule has 1 aromatic rings. The van der Waals surface area contributed by atoms with Crippen molar-refractivity contribution in [2.45, 2.75) is 20.3 Å². The fourth-order valence-electron chi connectivity index (χ4n) is 1.24. The Hall–Kier alpha value is -0.0500. The van der Waals surface area contributed by atoms with Gasteiger partial charge in [0, 0.05) is 9.75 Å². The van der Waals surface area contributed by atoms with Crippen molar-refractivity contribution < 1.29 is 0 Å². The summed E-state index contributed by atoms with van der Waals surface area (Å²) in [5, 5.41) is 4.09. The molecule has 0 spiro atoms. The number of nitrogens with one attached hydrogen (secondary N) is 1. The van der Waals surface area contributed by atoms with Gasteiger partial charge in [-0.1, -0.05) is 11.6 Å². The molecule has 1 N–H and O–H groups in total. The van der Waals surface area contributed by atoms with Crippen molar-refractivity contribution in [3.63, 3.8) is 0 Å². The van der Waals surface area contributed by atoms with Gasteiger partial charge in [0.15, 0.2) is 0 Å². The summed E-state index contributed by atoms with van der Waals surface area (Å²) in [4.78, 5) is 2.59. The zero-order valence-corrected chi connectivity index (χ0v) is 9.27. The molecule has 1 rings (SSSR count). The SMILES string of the molecule is CNCCc1c(C)sc(C)c1Cl. The van der Waals surface area contributed by atoms with Crippen molar-refractivity contribution in [3.8, 4) is 0 Å². The maximum Gasteiger partial charge on any atom is 0.0577 e. The lowest BCUT2D eigenvalue weighted by atomic mass is 10.2. The Morgan fingerprint density at radius 2 is 2.00 bits per heavy atom. The minimum Gasteiger partial charge on any atom is -0.319 e. The molecule has 0 aliphatic carbocycles. The molecule has 1 nitrogen and oxygen atoms in total. The first kappa shape index (κ1) is 10.0. The fraction of sp³-hybridized carbons (Fsp3) is 0.556. The monoisotopic (exact) mass is 203 g/mol. The third-order valence-corrected chi connectivity index (χ3v) is 3.62. The highest BCUT2D eigenvalue weighted by atomic mass is 35.5. The van der Waals surface area contributed by atoms with E-state index in [0.29, 0.717) is 0 Å². The van der Waals surface area contributed by atoms with Crippen LogP contribution < -0.4 is 5.32 Å². The summed E-state index contributed by atoms with van der Waals surface area (Å²) < 4.78 is 0. The van der Waals surface area contributed by atoms with E-state index in [1.807, 2.05) is 7.05 Å². The summed E-state index contributed by atoms with van der Waals surface area (Å²) in [6.07, 6.45) is 1.03. The number of halogens is 1. The zero-order chi connectivity index (χ0) is 9.14. The van der Waals surface area contributed by atoms with Crippen LogP contribution in [0.25, 0.3) is 0 Å². The van der Waals surface area contributed by atoms with Crippen LogP contribution in [0.15, 0.2) is 0 Å². The normalized spacial score (nSPS) is 10.7. The Kier molecular flexibility index (Phi) is 3.56. The van der Waals surface area contributed by atoms with Crippen LogP contribution >= 0.6 is 22.9 Å². The van der Waals surface area contributed by atoms with Crippen molar-refractivity contribution in [2.24, 2.45) is 0 Å². The number of hydrogen-bond acceptors (Lipinski definition) is 2. The molecular weight excluding hydrogens is 190 g/mol. The molecule has 0 atom stereocenters. The van der Waals surface area contributed by atoms with Crippen LogP contribution in [0.2, 0.25) is 5.02 Å². The van der Waals surface area contributed by atoms with Gasteiger partial charge in [0.05, 0.1) is 5.02 Å². The third kappa shape index (κ3) is 2.00. The summed E-state index contributed by atoms with van der Waals surface area (Å²) >= 11 is 7.92. The van der Waals surface area contributed by atoms with E-state index in [9.17, 15) is 0 Å². The summed E-state index contributed by atoms with van der Waals surface area (Å²) in [6, 6.07) is 0. The molecule has 1 aromatic heterocycles. The van der Waals surface area contributed by atoms with Gasteiger partial charge < -0.3 is 5.32 Å². The highest BCUT2D eigenvalue weighted by Gasteiger charge is 2.09. The Morgan fingerprint density at radius 3 is 2.42 bits per heavy atom. The molecule has 0 saturated carbocycles. The number of aryl methyl sites for hydroxylation is 2. The van der Waals surface area contributed by atoms with Crippen LogP contribution in [0, 0.1) is 13.8 Å². The Balaban J connectivity index is 2.82. The maximum absolute atomic E-state index is 6.13. The molecule has 3 heteroatoms. The molecule has 0 unspecified atom stereocenters. The molecular formula is C9H14ClNS. The van der Waals surface area contributed by atoms with Crippen LogP contribution in [0.4, 0.5) is 0 Å². The first-order valence-corrected chi connectivity index (χ1v) is 5.25. The van der Waals surface area contributed by atoms with Crippen molar-refractivity contribution in [3.05, 3.63) is 20.3 Å². The smallest absolute Gasteiger partial charge is 0.0577 e. The summed E-state index contributed by atoms with van der Waals surface area (Å²) in [5.74, 6) is 0. The van der Waals surface area contributed by atoms with Crippen LogP contribution in [-0.4, -0.2) is 13.6 Å². The van der Waals surface area contributed by atoms with Crippen LogP contribution in [-0.2, 0) is 6.42 Å². The minimum absolute atomic E-state index is 0.966. The van der Waals surface area contributed by atoms with Gasteiger partial charge in [-0.3, -0.25) is 0 Å². The standard InChI is InChI=1S/C9H14ClNS/c1-6-8(4-5-11-3)9(10)7(2)12-6/h11H,4-5H2,1-3H3. The molecule has 0 saturated heterocycles. The highest BCUT2D eigenvalue weighted by molar-refractivity contribution is 7.12. The van der Waals surface area contributed by atoms with E-state index in [1.165, 1.54) is 15.3 Å². The van der Waals surface area contributed by atoms with E-state index in [4.69, 9.17) is 11.6 Å². The average molecular weight is 204 g/mol. The van der Waals surface area contributed by atoms with E-state index in [2.05, 4.69) is 19.2 Å². The van der Waals surface area contributed by atoms with Gasteiger partial charge in [-0.15, -0.1) is 11.3 Å². The van der Waals surface area contributed by atoms with Gasteiger partial charge in [-0.25, -0.2) is 0 Å². The molecule has 0 amide bonds. The summed E-state index contributed by atoms with van der Waals surface area (Å²) in [5.41, 5.74) is 1.31. The van der Waals surface area contributed by atoms with Gasteiger partial charge >= 0.3 is 0 Å². The minimum atomic E-state index is 0.966. The van der Waals surface area contributed by atoms with Crippen molar-refractivity contribution in [1.29, 1.82) is 0 Å². The van der Waals surface area contributed by atoms with Crippen molar-refractivity contribution in [1.82, 2.24) is 5.32 Å². The topological polar surface area (TPSA) is 12.0 Å². The van der Waals surface area contributed by atoms with Crippen molar-refractivity contribution >= 4 is 22.9 Å². The lowest BCUT2D eigenvalue weighted by Gasteiger charge is -1.99. The van der Waals surface area contributed by atoms with Gasteiger partial charge in [-0.2, -0.15) is 0 Å². The second kappa shape index (κ2) is 4.26. The molecule has 1 heterocycles. The Morgan fingerprint density at radius 1 is 1.33 bits per heavy atom. The second-order valence-electron chi connectivity index (χ2n) is 2.86. The molecule has 0 aliphatic heterocycles. The second-order valence-corrected chi connectivity index (χ2v) is 4.67. The van der Waals surface area contributed by atoms with Crippen LogP contribution in [0.1, 0.15) is 15.3 Å². The van der Waals surface area contributed by atoms with Gasteiger partial charge in [0.1, 0.15) is 0 Å². The molecule has 12 heavy (non-hydrogen) atoms. The first-order valence-electron chi connectivity index (χ1n) is 4.05. The number of likely N-dealkylation sites (N-methyl/N-ethyl adjacent to an activating group) is 1. The van der Waals surface area contributed by atoms with E-state index < -0.39 is 0 Å². The molecule has 0 radical (unpaired) electrons. The maximum atomic E-state index is 6.13. The largest absolute Gasteiger partial charge is 0.319 e. The van der Waals surface area contributed by atoms with Gasteiger partial charge in [0.2, 0.25) is 0 Å². The molecule has 0 bridgehead atoms. The van der Waals surface area contributed by atoms with E-state index in [-0.39, 0.29) is 0 Å². The lowest BCUT2D eigenvalue weighted by Crippen LogP contribution is -2.10. The van der Waals surface area contributed by atoms with E-state index in [0.717, 1.165) is 18.0 Å². The molecule has 68 valence electrons. The number of hydrogen-bond donors (Lipinski definition) is 1. The van der Waals surface area contributed by atoms with Crippen molar-refractivity contribution in [2.75, 3.05) is 13.6 Å². The van der Waals surface area contributed by atoms with Gasteiger partial charge in [0.25, 0.3) is 0 Å². The number of thiophene rings is 1. The quantitative estimate of drug-likeness (QED) is 0.797. The van der Waals surface area contributed by atoms with E-state index in [1.54, 1.807) is 11.3 Å². The average Bonchev–Trinajstić information content (AvgIpc) is 2.25. The lowest BCUT2D eigenvalue weighted by molar-refractivity contribution is 0.791. The fourth-order valence-corrected chi connectivity index (χ4v) is 2.65. The molecule has 0 aliphatic rings. The zero-order valence-electron chi connectivity index (χ0n) is 7.70. The Bertz CT molecular complexity index is 268. The third-order valence-electron chi connectivity index (χ3n) is 1.93. The molecule has 0 fully saturated rings. The summed E-state index contributed by atoms with van der Waals surface area (Å²) in [7, 11) is 1.96. The van der Waals surface area contributed by atoms with Crippen LogP contribution in [0.3, 0.4) is 0 Å². The summed E-state index contributed by atoms with van der Waals surface area (Å²) in [6.45, 7) is 5.20. The van der Waals surface area contributed by atoms with E-state index >= 15 is 0 Å².